The first-order chi connectivity index (χ1) is 9.58. The van der Waals surface area contributed by atoms with Crippen LogP contribution in [0.2, 0.25) is 0 Å². The van der Waals surface area contributed by atoms with Crippen molar-refractivity contribution in [2.75, 3.05) is 17.9 Å². The number of alkyl halides is 1. The molecule has 6 heteroatoms. The Kier molecular flexibility index (Phi) is 4.79. The van der Waals surface area contributed by atoms with Crippen molar-refractivity contribution in [3.8, 4) is 6.07 Å². The molecule has 0 saturated carbocycles. The number of nitriles is 1. The molecule has 1 heterocycles. The predicted octanol–water partition coefficient (Wildman–Crippen LogP) is 2.63. The summed E-state index contributed by atoms with van der Waals surface area (Å²) in [6.45, 7) is 2.01. The average Bonchev–Trinajstić information content (AvgIpc) is 2.76. The number of hydrogen-bond donors (Lipinski definition) is 0. The first-order valence-corrected chi connectivity index (χ1v) is 8.60. The Morgan fingerprint density at radius 2 is 2.30 bits per heavy atom. The van der Waals surface area contributed by atoms with Crippen LogP contribution in [-0.2, 0) is 17.2 Å². The molecule has 2 unspecified atom stereocenters. The third-order valence-electron chi connectivity index (χ3n) is 3.15. The average molecular weight is 310 g/mol. The lowest BCUT2D eigenvalue weighted by molar-refractivity contribution is 0.587. The summed E-state index contributed by atoms with van der Waals surface area (Å²) in [7, 11) is -0.889. The van der Waals surface area contributed by atoms with Gasteiger partial charge in [0.05, 0.1) is 11.1 Å². The Morgan fingerprint density at radius 3 is 2.90 bits per heavy atom. The predicted molar refractivity (Wildman–Crippen MR) is 82.5 cm³/mol. The van der Waals surface area contributed by atoms with Crippen molar-refractivity contribution < 1.29 is 4.21 Å². The molecule has 1 aromatic heterocycles. The summed E-state index contributed by atoms with van der Waals surface area (Å²) in [5, 5.41) is 9.18. The Balaban J connectivity index is 2.63. The number of halogens is 1. The molecule has 0 radical (unpaired) electrons. The van der Waals surface area contributed by atoms with Crippen LogP contribution in [0.25, 0.3) is 11.0 Å². The van der Waals surface area contributed by atoms with Gasteiger partial charge in [-0.25, -0.2) is 4.98 Å². The monoisotopic (exact) mass is 309 g/mol. The molecule has 0 N–H and O–H groups in total. The lowest BCUT2D eigenvalue weighted by Crippen LogP contribution is -2.15. The largest absolute Gasteiger partial charge is 0.324 e. The maximum Gasteiger partial charge on any atom is 0.111 e. The summed E-state index contributed by atoms with van der Waals surface area (Å²) in [5.74, 6) is 1.86. The molecule has 2 aromatic rings. The van der Waals surface area contributed by atoms with Crippen LogP contribution in [0.1, 0.15) is 24.4 Å². The van der Waals surface area contributed by atoms with Gasteiger partial charge in [-0.05, 0) is 19.1 Å². The highest BCUT2D eigenvalue weighted by Gasteiger charge is 2.18. The highest BCUT2D eigenvalue weighted by Crippen LogP contribution is 2.24. The maximum absolute atomic E-state index is 11.5. The van der Waals surface area contributed by atoms with Crippen molar-refractivity contribution in [1.29, 1.82) is 5.26 Å². The molecule has 0 aliphatic rings. The van der Waals surface area contributed by atoms with Crippen LogP contribution in [0, 0.1) is 11.3 Å². The highest BCUT2D eigenvalue weighted by atomic mass is 35.5. The maximum atomic E-state index is 11.5. The Hall–Kier alpha value is -1.38. The normalized spacial score (nSPS) is 14.1. The van der Waals surface area contributed by atoms with Gasteiger partial charge < -0.3 is 4.57 Å². The summed E-state index contributed by atoms with van der Waals surface area (Å²) in [4.78, 5) is 4.56. The number of nitrogens with zero attached hydrogens (tertiary/aromatic N) is 3. The van der Waals surface area contributed by atoms with Gasteiger partial charge in [-0.3, -0.25) is 4.21 Å². The Morgan fingerprint density at radius 1 is 1.55 bits per heavy atom. The minimum absolute atomic E-state index is 0.0537. The third kappa shape index (κ3) is 2.87. The van der Waals surface area contributed by atoms with Crippen molar-refractivity contribution in [3.05, 3.63) is 29.6 Å². The zero-order valence-electron chi connectivity index (χ0n) is 11.5. The van der Waals surface area contributed by atoms with Gasteiger partial charge in [0.15, 0.2) is 0 Å². The van der Waals surface area contributed by atoms with Crippen LogP contribution < -0.4 is 0 Å². The molecule has 0 aliphatic carbocycles. The van der Waals surface area contributed by atoms with E-state index in [0.717, 1.165) is 11.3 Å². The smallest absolute Gasteiger partial charge is 0.111 e. The Bertz CT molecular complexity index is 690. The third-order valence-corrected chi connectivity index (χ3v) is 4.29. The molecule has 20 heavy (non-hydrogen) atoms. The fraction of sp³-hybridized carbons (Fsp3) is 0.429. The van der Waals surface area contributed by atoms with E-state index in [2.05, 4.69) is 15.6 Å². The first-order valence-electron chi connectivity index (χ1n) is 6.34. The minimum Gasteiger partial charge on any atom is -0.324 e. The molecule has 4 nitrogen and oxygen atoms in total. The second-order valence-electron chi connectivity index (χ2n) is 4.71. The molecule has 0 saturated heterocycles. The van der Waals surface area contributed by atoms with Crippen LogP contribution in [-0.4, -0.2) is 31.6 Å². The number of fused-ring (bicyclic) bond motifs is 1. The van der Waals surface area contributed by atoms with Gasteiger partial charge in [0.25, 0.3) is 0 Å². The van der Waals surface area contributed by atoms with E-state index in [4.69, 9.17) is 11.6 Å². The lowest BCUT2D eigenvalue weighted by atomic mass is 10.2. The molecule has 0 fully saturated rings. The molecule has 1 aromatic carbocycles. The van der Waals surface area contributed by atoms with E-state index >= 15 is 0 Å². The van der Waals surface area contributed by atoms with Crippen LogP contribution in [0.15, 0.2) is 18.2 Å². The zero-order chi connectivity index (χ0) is 14.7. The van der Waals surface area contributed by atoms with E-state index in [0.29, 0.717) is 29.1 Å². The van der Waals surface area contributed by atoms with E-state index in [-0.39, 0.29) is 6.04 Å². The first kappa shape index (κ1) is 15.0. The van der Waals surface area contributed by atoms with E-state index < -0.39 is 10.8 Å². The summed E-state index contributed by atoms with van der Waals surface area (Å²) in [5.41, 5.74) is 2.16. The van der Waals surface area contributed by atoms with Crippen molar-refractivity contribution in [1.82, 2.24) is 9.55 Å². The highest BCUT2D eigenvalue weighted by molar-refractivity contribution is 7.84. The van der Waals surface area contributed by atoms with Crippen LogP contribution in [0.4, 0.5) is 0 Å². The molecule has 2 rings (SSSR count). The number of aromatic nitrogens is 2. The minimum atomic E-state index is -0.889. The number of rotatable bonds is 5. The second kappa shape index (κ2) is 6.38. The van der Waals surface area contributed by atoms with E-state index in [9.17, 15) is 9.47 Å². The van der Waals surface area contributed by atoms with Crippen LogP contribution in [0.3, 0.4) is 0 Å². The molecule has 2 atom stereocenters. The summed E-state index contributed by atoms with van der Waals surface area (Å²) < 4.78 is 13.5. The van der Waals surface area contributed by atoms with E-state index in [1.54, 1.807) is 12.3 Å². The van der Waals surface area contributed by atoms with Gasteiger partial charge in [0.1, 0.15) is 17.4 Å². The zero-order valence-corrected chi connectivity index (χ0v) is 13.0. The van der Waals surface area contributed by atoms with Gasteiger partial charge in [-0.2, -0.15) is 5.26 Å². The molecular formula is C14H16ClN3OS. The molecular weight excluding hydrogens is 294 g/mol. The number of para-hydroxylation sites is 1. The molecule has 0 bridgehead atoms. The summed E-state index contributed by atoms with van der Waals surface area (Å²) >= 11 is 5.84. The molecule has 0 aliphatic heterocycles. The fourth-order valence-electron chi connectivity index (χ4n) is 2.42. The lowest BCUT2D eigenvalue weighted by Gasteiger charge is -2.16. The quantitative estimate of drug-likeness (QED) is 0.798. The van der Waals surface area contributed by atoms with Crippen molar-refractivity contribution >= 4 is 33.4 Å². The number of aryl methyl sites for hydroxylation is 1. The molecule has 0 spiro atoms. The summed E-state index contributed by atoms with van der Waals surface area (Å²) in [6, 6.07) is 7.76. The summed E-state index contributed by atoms with van der Waals surface area (Å²) in [6.07, 6.45) is 2.32. The molecule has 0 amide bonds. The standard InChI is InChI=1S/C14H16ClN3OS/c1-10(9-20(2)19)18-12-5-3-4-11(8-16)14(12)17-13(18)6-7-15/h3-5,10H,6-7,9H2,1-2H3. The Labute approximate surface area is 125 Å². The number of imidazole rings is 1. The SMILES string of the molecule is CC(CS(C)=O)n1c(CCCl)nc2c(C#N)cccc21. The van der Waals surface area contributed by atoms with Gasteiger partial charge in [-0.15, -0.1) is 11.6 Å². The van der Waals surface area contributed by atoms with Crippen LogP contribution >= 0.6 is 11.6 Å². The van der Waals surface area contributed by atoms with Crippen molar-refractivity contribution in [2.24, 2.45) is 0 Å². The van der Waals surface area contributed by atoms with E-state index in [1.807, 2.05) is 19.1 Å². The van der Waals surface area contributed by atoms with Gasteiger partial charge >= 0.3 is 0 Å². The number of benzene rings is 1. The van der Waals surface area contributed by atoms with Crippen molar-refractivity contribution in [2.45, 2.75) is 19.4 Å². The fourth-order valence-corrected chi connectivity index (χ4v) is 3.42. The van der Waals surface area contributed by atoms with Crippen LogP contribution in [0.5, 0.6) is 0 Å². The topological polar surface area (TPSA) is 58.7 Å². The van der Waals surface area contributed by atoms with Gasteiger partial charge in [-0.1, -0.05) is 6.07 Å². The van der Waals surface area contributed by atoms with E-state index in [1.165, 1.54) is 0 Å². The number of hydrogen-bond acceptors (Lipinski definition) is 3. The van der Waals surface area contributed by atoms with Gasteiger partial charge in [0.2, 0.25) is 0 Å². The second-order valence-corrected chi connectivity index (χ2v) is 6.57. The van der Waals surface area contributed by atoms with Gasteiger partial charge in [0, 0.05) is 41.2 Å². The molecule has 106 valence electrons. The van der Waals surface area contributed by atoms with Crippen molar-refractivity contribution in [3.63, 3.8) is 0 Å².